The van der Waals surface area contributed by atoms with Gasteiger partial charge in [-0.1, -0.05) is 18.2 Å². The van der Waals surface area contributed by atoms with Gasteiger partial charge in [0, 0.05) is 10.3 Å². The van der Waals surface area contributed by atoms with Gasteiger partial charge in [0.2, 0.25) is 0 Å². The lowest BCUT2D eigenvalue weighted by Crippen LogP contribution is -2.02. The monoisotopic (exact) mass is 299 g/mol. The summed E-state index contributed by atoms with van der Waals surface area (Å²) in [6.45, 7) is 3.93. The van der Waals surface area contributed by atoms with Gasteiger partial charge in [0.1, 0.15) is 5.82 Å². The Bertz CT molecular complexity index is 823. The first kappa shape index (κ1) is 13.5. The number of hydrogen-bond acceptors (Lipinski definition) is 5. The van der Waals surface area contributed by atoms with Crippen molar-refractivity contribution >= 4 is 39.2 Å². The number of nitrogens with zero attached hydrogens (tertiary/aromatic N) is 2. The molecule has 1 aromatic carbocycles. The van der Waals surface area contributed by atoms with Crippen molar-refractivity contribution in [1.29, 1.82) is 0 Å². The van der Waals surface area contributed by atoms with Crippen LogP contribution in [-0.2, 0) is 0 Å². The van der Waals surface area contributed by atoms with E-state index in [2.05, 4.69) is 15.3 Å². The SMILES string of the molecule is Cc1nc(Nc2cc(C(=O)O)c3ccccc3n2)sc1C. The second-order valence-electron chi connectivity index (χ2n) is 4.66. The number of pyridine rings is 1. The molecule has 2 heterocycles. The van der Waals surface area contributed by atoms with Crippen molar-refractivity contribution in [1.82, 2.24) is 9.97 Å². The van der Waals surface area contributed by atoms with Crippen LogP contribution in [0, 0.1) is 13.8 Å². The Kier molecular flexibility index (Phi) is 3.31. The molecule has 0 bridgehead atoms. The van der Waals surface area contributed by atoms with Crippen LogP contribution in [0.15, 0.2) is 30.3 Å². The van der Waals surface area contributed by atoms with Crippen molar-refractivity contribution < 1.29 is 9.90 Å². The molecule has 106 valence electrons. The minimum absolute atomic E-state index is 0.230. The number of aromatic carboxylic acids is 1. The second kappa shape index (κ2) is 5.14. The minimum Gasteiger partial charge on any atom is -0.478 e. The molecule has 0 amide bonds. The number of aromatic nitrogens is 2. The van der Waals surface area contributed by atoms with Crippen LogP contribution in [0.25, 0.3) is 10.9 Å². The standard InChI is InChI=1S/C15H13N3O2S/c1-8-9(2)21-15(16-8)18-13-7-11(14(19)20)10-5-3-4-6-12(10)17-13/h3-7H,1-2H3,(H,19,20)(H,16,17,18). The molecule has 3 aromatic rings. The minimum atomic E-state index is -0.969. The summed E-state index contributed by atoms with van der Waals surface area (Å²) < 4.78 is 0. The Hall–Kier alpha value is -2.47. The lowest BCUT2D eigenvalue weighted by molar-refractivity contribution is 0.0699. The number of carbonyl (C=O) groups is 1. The van der Waals surface area contributed by atoms with Crippen LogP contribution in [0.5, 0.6) is 0 Å². The van der Waals surface area contributed by atoms with Gasteiger partial charge in [-0.25, -0.2) is 14.8 Å². The van der Waals surface area contributed by atoms with Crippen LogP contribution in [0.4, 0.5) is 10.9 Å². The highest BCUT2D eigenvalue weighted by atomic mass is 32.1. The Labute approximate surface area is 125 Å². The number of thiazole rings is 1. The van der Waals surface area contributed by atoms with E-state index in [0.29, 0.717) is 21.9 Å². The summed E-state index contributed by atoms with van der Waals surface area (Å²) in [5, 5.41) is 13.8. The molecule has 2 aromatic heterocycles. The highest BCUT2D eigenvalue weighted by Crippen LogP contribution is 2.26. The van der Waals surface area contributed by atoms with Gasteiger partial charge >= 0.3 is 5.97 Å². The molecule has 0 unspecified atom stereocenters. The number of hydrogen-bond donors (Lipinski definition) is 2. The summed E-state index contributed by atoms with van der Waals surface area (Å²) in [7, 11) is 0. The number of fused-ring (bicyclic) bond motifs is 1. The highest BCUT2D eigenvalue weighted by molar-refractivity contribution is 7.15. The van der Waals surface area contributed by atoms with Gasteiger partial charge in [0.05, 0.1) is 16.8 Å². The number of anilines is 2. The molecule has 0 spiro atoms. The van der Waals surface area contributed by atoms with E-state index in [1.807, 2.05) is 19.9 Å². The number of carboxylic acid groups (broad SMARTS) is 1. The smallest absolute Gasteiger partial charge is 0.336 e. The third-order valence-corrected chi connectivity index (χ3v) is 4.20. The summed E-state index contributed by atoms with van der Waals surface area (Å²) in [4.78, 5) is 21.4. The molecule has 0 saturated heterocycles. The maximum atomic E-state index is 11.4. The molecule has 0 aliphatic rings. The molecule has 6 heteroatoms. The predicted molar refractivity (Wildman–Crippen MR) is 83.6 cm³/mol. The lowest BCUT2D eigenvalue weighted by Gasteiger charge is -2.07. The molecule has 5 nitrogen and oxygen atoms in total. The molecule has 0 radical (unpaired) electrons. The average Bonchev–Trinajstić information content (AvgIpc) is 2.76. The third kappa shape index (κ3) is 2.57. The van der Waals surface area contributed by atoms with E-state index in [1.165, 1.54) is 17.4 Å². The lowest BCUT2D eigenvalue weighted by atomic mass is 10.1. The van der Waals surface area contributed by atoms with Gasteiger partial charge in [-0.05, 0) is 26.0 Å². The van der Waals surface area contributed by atoms with E-state index in [4.69, 9.17) is 0 Å². The van der Waals surface area contributed by atoms with Gasteiger partial charge in [-0.2, -0.15) is 0 Å². The van der Waals surface area contributed by atoms with Crippen molar-refractivity contribution in [3.05, 3.63) is 46.5 Å². The molecule has 0 aliphatic carbocycles. The average molecular weight is 299 g/mol. The Morgan fingerprint density at radius 3 is 2.67 bits per heavy atom. The fourth-order valence-corrected chi connectivity index (χ4v) is 2.87. The predicted octanol–water partition coefficient (Wildman–Crippen LogP) is 3.75. The van der Waals surface area contributed by atoms with E-state index < -0.39 is 5.97 Å². The van der Waals surface area contributed by atoms with E-state index in [0.717, 1.165) is 10.6 Å². The molecular weight excluding hydrogens is 286 g/mol. The molecule has 0 aliphatic heterocycles. The molecule has 3 rings (SSSR count). The van der Waals surface area contributed by atoms with E-state index in [-0.39, 0.29) is 5.56 Å². The van der Waals surface area contributed by atoms with Gasteiger partial charge in [0.25, 0.3) is 0 Å². The van der Waals surface area contributed by atoms with Crippen LogP contribution in [0.1, 0.15) is 20.9 Å². The summed E-state index contributed by atoms with van der Waals surface area (Å²) in [6.07, 6.45) is 0. The van der Waals surface area contributed by atoms with Crippen molar-refractivity contribution in [2.24, 2.45) is 0 Å². The number of rotatable bonds is 3. The van der Waals surface area contributed by atoms with Crippen molar-refractivity contribution in [2.45, 2.75) is 13.8 Å². The van der Waals surface area contributed by atoms with Gasteiger partial charge < -0.3 is 10.4 Å². The number of carboxylic acids is 1. The second-order valence-corrected chi connectivity index (χ2v) is 5.87. The van der Waals surface area contributed by atoms with E-state index in [9.17, 15) is 9.90 Å². The summed E-state index contributed by atoms with van der Waals surface area (Å²) in [6, 6.07) is 8.73. The quantitative estimate of drug-likeness (QED) is 0.770. The Balaban J connectivity index is 2.08. The van der Waals surface area contributed by atoms with Gasteiger partial charge in [-0.3, -0.25) is 0 Å². The van der Waals surface area contributed by atoms with Crippen molar-refractivity contribution in [2.75, 3.05) is 5.32 Å². The van der Waals surface area contributed by atoms with E-state index in [1.54, 1.807) is 18.2 Å². The number of para-hydroxylation sites is 1. The van der Waals surface area contributed by atoms with E-state index >= 15 is 0 Å². The van der Waals surface area contributed by atoms with Gasteiger partial charge in [-0.15, -0.1) is 11.3 Å². The first-order chi connectivity index (χ1) is 10.0. The van der Waals surface area contributed by atoms with Crippen LogP contribution in [-0.4, -0.2) is 21.0 Å². The fourth-order valence-electron chi connectivity index (χ4n) is 2.05. The zero-order valence-corrected chi connectivity index (χ0v) is 12.4. The normalized spacial score (nSPS) is 10.8. The Morgan fingerprint density at radius 2 is 2.00 bits per heavy atom. The molecule has 0 saturated carbocycles. The molecule has 0 fully saturated rings. The van der Waals surface area contributed by atoms with Crippen LogP contribution >= 0.6 is 11.3 Å². The molecular formula is C15H13N3O2S. The first-order valence-electron chi connectivity index (χ1n) is 6.39. The number of benzene rings is 1. The fraction of sp³-hybridized carbons (Fsp3) is 0.133. The number of aryl methyl sites for hydroxylation is 2. The summed E-state index contributed by atoms with van der Waals surface area (Å²) in [5.74, 6) is -0.483. The summed E-state index contributed by atoms with van der Waals surface area (Å²) in [5.41, 5.74) is 1.83. The summed E-state index contributed by atoms with van der Waals surface area (Å²) >= 11 is 1.52. The van der Waals surface area contributed by atoms with Crippen molar-refractivity contribution in [3.8, 4) is 0 Å². The first-order valence-corrected chi connectivity index (χ1v) is 7.20. The van der Waals surface area contributed by atoms with Crippen molar-refractivity contribution in [3.63, 3.8) is 0 Å². The topological polar surface area (TPSA) is 75.1 Å². The molecule has 0 atom stereocenters. The van der Waals surface area contributed by atoms with Crippen LogP contribution < -0.4 is 5.32 Å². The van der Waals surface area contributed by atoms with Crippen LogP contribution in [0.2, 0.25) is 0 Å². The van der Waals surface area contributed by atoms with Gasteiger partial charge in [0.15, 0.2) is 5.13 Å². The third-order valence-electron chi connectivity index (χ3n) is 3.21. The Morgan fingerprint density at radius 1 is 1.24 bits per heavy atom. The molecule has 21 heavy (non-hydrogen) atoms. The highest BCUT2D eigenvalue weighted by Gasteiger charge is 2.12. The zero-order valence-electron chi connectivity index (χ0n) is 11.5. The maximum Gasteiger partial charge on any atom is 0.336 e. The largest absolute Gasteiger partial charge is 0.478 e. The van der Waals surface area contributed by atoms with Crippen LogP contribution in [0.3, 0.4) is 0 Å². The number of nitrogens with one attached hydrogen (secondary N) is 1. The maximum absolute atomic E-state index is 11.4. The zero-order chi connectivity index (χ0) is 15.0. The molecule has 2 N–H and O–H groups in total.